The number of nitrogen functional groups attached to an aromatic ring is 1. The summed E-state index contributed by atoms with van der Waals surface area (Å²) in [6.45, 7) is 0. The number of hydrogen-bond acceptors (Lipinski definition) is 5. The van der Waals surface area contributed by atoms with E-state index in [0.717, 1.165) is 0 Å². The Hall–Kier alpha value is -1.69. The standard InChI is InChI=1S/C10H12N2O3S/c1-15-9(13)5-16-8-4-6(11)2-3-7(8)10(12)14/h2-4H,5,11H2,1H3,(H2,12,14). The van der Waals surface area contributed by atoms with Gasteiger partial charge in [-0.2, -0.15) is 0 Å². The van der Waals surface area contributed by atoms with Gasteiger partial charge in [0.2, 0.25) is 5.91 Å². The minimum absolute atomic E-state index is 0.111. The highest BCUT2D eigenvalue weighted by Gasteiger charge is 2.11. The van der Waals surface area contributed by atoms with E-state index < -0.39 is 5.91 Å². The van der Waals surface area contributed by atoms with E-state index in [1.54, 1.807) is 12.1 Å². The fourth-order valence-corrected chi connectivity index (χ4v) is 1.99. The molecular formula is C10H12N2O3S. The molecule has 0 aliphatic heterocycles. The van der Waals surface area contributed by atoms with Gasteiger partial charge in [0.05, 0.1) is 18.4 Å². The van der Waals surface area contributed by atoms with Crippen LogP contribution in [0.5, 0.6) is 0 Å². The number of nitrogens with two attached hydrogens (primary N) is 2. The number of carbonyl (C=O) groups excluding carboxylic acids is 2. The average Bonchev–Trinajstić information content (AvgIpc) is 2.25. The molecule has 0 fully saturated rings. The molecule has 0 radical (unpaired) electrons. The zero-order valence-electron chi connectivity index (χ0n) is 8.73. The molecule has 0 aromatic heterocycles. The van der Waals surface area contributed by atoms with Gasteiger partial charge >= 0.3 is 5.97 Å². The molecular weight excluding hydrogens is 228 g/mol. The molecule has 0 spiro atoms. The first-order chi connectivity index (χ1) is 7.54. The Balaban J connectivity index is 2.88. The van der Waals surface area contributed by atoms with Crippen molar-refractivity contribution < 1.29 is 14.3 Å². The van der Waals surface area contributed by atoms with Gasteiger partial charge < -0.3 is 16.2 Å². The van der Waals surface area contributed by atoms with Crippen molar-refractivity contribution in [1.29, 1.82) is 0 Å². The monoisotopic (exact) mass is 240 g/mol. The Morgan fingerprint density at radius 1 is 1.44 bits per heavy atom. The molecule has 0 bridgehead atoms. The molecule has 1 aromatic rings. The summed E-state index contributed by atoms with van der Waals surface area (Å²) in [7, 11) is 1.30. The molecule has 0 heterocycles. The Morgan fingerprint density at radius 3 is 2.69 bits per heavy atom. The molecule has 86 valence electrons. The minimum Gasteiger partial charge on any atom is -0.468 e. The summed E-state index contributed by atoms with van der Waals surface area (Å²) in [5.41, 5.74) is 11.6. The minimum atomic E-state index is -0.549. The van der Waals surface area contributed by atoms with Crippen molar-refractivity contribution in [2.45, 2.75) is 4.90 Å². The predicted octanol–water partition coefficient (Wildman–Crippen LogP) is 0.633. The molecule has 0 aliphatic carbocycles. The fraction of sp³-hybridized carbons (Fsp3) is 0.200. The third-order valence-corrected chi connectivity index (χ3v) is 2.87. The molecule has 1 rings (SSSR count). The van der Waals surface area contributed by atoms with Crippen LogP contribution in [0.25, 0.3) is 0 Å². The lowest BCUT2D eigenvalue weighted by Gasteiger charge is -2.06. The van der Waals surface area contributed by atoms with Gasteiger partial charge in [-0.1, -0.05) is 0 Å². The van der Waals surface area contributed by atoms with Crippen LogP contribution in [0.15, 0.2) is 23.1 Å². The first kappa shape index (κ1) is 12.4. The molecule has 1 amide bonds. The van der Waals surface area contributed by atoms with E-state index in [1.807, 2.05) is 0 Å². The van der Waals surface area contributed by atoms with Crippen LogP contribution in [-0.2, 0) is 9.53 Å². The second-order valence-electron chi connectivity index (χ2n) is 2.98. The number of thioether (sulfide) groups is 1. The molecule has 0 saturated heterocycles. The van der Waals surface area contributed by atoms with Gasteiger partial charge in [0.15, 0.2) is 0 Å². The van der Waals surface area contributed by atoms with Crippen LogP contribution < -0.4 is 11.5 Å². The SMILES string of the molecule is COC(=O)CSc1cc(N)ccc1C(N)=O. The van der Waals surface area contributed by atoms with E-state index >= 15 is 0 Å². The molecule has 0 unspecified atom stereocenters. The zero-order valence-corrected chi connectivity index (χ0v) is 9.54. The van der Waals surface area contributed by atoms with Crippen LogP contribution >= 0.6 is 11.8 Å². The van der Waals surface area contributed by atoms with E-state index in [1.165, 1.54) is 24.9 Å². The van der Waals surface area contributed by atoms with Gasteiger partial charge in [-0.25, -0.2) is 0 Å². The molecule has 0 saturated carbocycles. The van der Waals surface area contributed by atoms with E-state index in [0.29, 0.717) is 16.1 Å². The van der Waals surface area contributed by atoms with E-state index in [9.17, 15) is 9.59 Å². The number of primary amides is 1. The van der Waals surface area contributed by atoms with Gasteiger partial charge in [0, 0.05) is 10.6 Å². The van der Waals surface area contributed by atoms with Crippen molar-refractivity contribution >= 4 is 29.3 Å². The first-order valence-electron chi connectivity index (χ1n) is 4.43. The molecule has 6 heteroatoms. The molecule has 4 N–H and O–H groups in total. The highest BCUT2D eigenvalue weighted by Crippen LogP contribution is 2.25. The van der Waals surface area contributed by atoms with Crippen LogP contribution in [0.1, 0.15) is 10.4 Å². The Kier molecular flexibility index (Phi) is 4.19. The largest absolute Gasteiger partial charge is 0.468 e. The van der Waals surface area contributed by atoms with E-state index in [4.69, 9.17) is 11.5 Å². The van der Waals surface area contributed by atoms with Gasteiger partial charge in [-0.05, 0) is 18.2 Å². The van der Waals surface area contributed by atoms with Crippen molar-refractivity contribution in [2.24, 2.45) is 5.73 Å². The van der Waals surface area contributed by atoms with E-state index in [2.05, 4.69) is 4.74 Å². The summed E-state index contributed by atoms with van der Waals surface area (Å²) in [6.07, 6.45) is 0. The lowest BCUT2D eigenvalue weighted by atomic mass is 10.2. The molecule has 1 aromatic carbocycles. The number of hydrogen-bond donors (Lipinski definition) is 2. The van der Waals surface area contributed by atoms with Crippen LogP contribution in [-0.4, -0.2) is 24.7 Å². The summed E-state index contributed by atoms with van der Waals surface area (Å²) >= 11 is 1.17. The number of methoxy groups -OCH3 is 1. The first-order valence-corrected chi connectivity index (χ1v) is 5.42. The molecule has 0 aliphatic rings. The van der Waals surface area contributed by atoms with Crippen molar-refractivity contribution in [3.05, 3.63) is 23.8 Å². The Morgan fingerprint density at radius 2 is 2.12 bits per heavy atom. The lowest BCUT2D eigenvalue weighted by Crippen LogP contribution is -2.13. The third kappa shape index (κ3) is 3.16. The summed E-state index contributed by atoms with van der Waals surface area (Å²) < 4.78 is 4.50. The van der Waals surface area contributed by atoms with Crippen LogP contribution in [0.2, 0.25) is 0 Å². The Labute approximate surface area is 97.1 Å². The van der Waals surface area contributed by atoms with Crippen molar-refractivity contribution in [3.8, 4) is 0 Å². The number of anilines is 1. The van der Waals surface area contributed by atoms with Gasteiger partial charge in [-0.15, -0.1) is 11.8 Å². The quantitative estimate of drug-likeness (QED) is 0.457. The molecule has 5 nitrogen and oxygen atoms in total. The van der Waals surface area contributed by atoms with E-state index in [-0.39, 0.29) is 11.7 Å². The second-order valence-corrected chi connectivity index (χ2v) is 4.00. The van der Waals surface area contributed by atoms with Gasteiger partial charge in [0.1, 0.15) is 0 Å². The maximum atomic E-state index is 11.1. The third-order valence-electron chi connectivity index (χ3n) is 1.84. The second kappa shape index (κ2) is 5.41. The fourth-order valence-electron chi connectivity index (χ4n) is 1.06. The number of benzene rings is 1. The van der Waals surface area contributed by atoms with Crippen LogP contribution in [0, 0.1) is 0 Å². The van der Waals surface area contributed by atoms with Crippen molar-refractivity contribution in [1.82, 2.24) is 0 Å². The number of ether oxygens (including phenoxy) is 1. The zero-order chi connectivity index (χ0) is 12.1. The Bertz CT molecular complexity index is 421. The number of carbonyl (C=O) groups is 2. The van der Waals surface area contributed by atoms with Gasteiger partial charge in [0.25, 0.3) is 0 Å². The maximum Gasteiger partial charge on any atom is 0.315 e. The lowest BCUT2D eigenvalue weighted by molar-refractivity contribution is -0.137. The van der Waals surface area contributed by atoms with Crippen LogP contribution in [0.3, 0.4) is 0 Å². The van der Waals surface area contributed by atoms with Crippen molar-refractivity contribution in [3.63, 3.8) is 0 Å². The predicted molar refractivity (Wildman–Crippen MR) is 62.1 cm³/mol. The van der Waals surface area contributed by atoms with Crippen LogP contribution in [0.4, 0.5) is 5.69 Å². The average molecular weight is 240 g/mol. The highest BCUT2D eigenvalue weighted by atomic mass is 32.2. The molecule has 0 atom stereocenters. The normalized spacial score (nSPS) is 9.81. The smallest absolute Gasteiger partial charge is 0.315 e. The maximum absolute atomic E-state index is 11.1. The number of amides is 1. The summed E-state index contributed by atoms with van der Waals surface area (Å²) in [6, 6.07) is 4.73. The van der Waals surface area contributed by atoms with Gasteiger partial charge in [-0.3, -0.25) is 9.59 Å². The summed E-state index contributed by atoms with van der Waals surface area (Å²) in [4.78, 5) is 22.6. The number of esters is 1. The summed E-state index contributed by atoms with van der Waals surface area (Å²) in [5.74, 6) is -0.810. The highest BCUT2D eigenvalue weighted by molar-refractivity contribution is 8.00. The van der Waals surface area contributed by atoms with Crippen molar-refractivity contribution in [2.75, 3.05) is 18.6 Å². The number of rotatable bonds is 4. The topological polar surface area (TPSA) is 95.4 Å². The summed E-state index contributed by atoms with van der Waals surface area (Å²) in [5, 5.41) is 0. The molecule has 16 heavy (non-hydrogen) atoms.